The van der Waals surface area contributed by atoms with Gasteiger partial charge in [0, 0.05) is 40.2 Å². The molecule has 0 aliphatic carbocycles. The van der Waals surface area contributed by atoms with Gasteiger partial charge < -0.3 is 4.98 Å². The molecule has 4 rings (SSSR count). The van der Waals surface area contributed by atoms with Crippen LogP contribution in [0.5, 0.6) is 0 Å². The third kappa shape index (κ3) is 2.60. The zero-order valence-corrected chi connectivity index (χ0v) is 14.6. The van der Waals surface area contributed by atoms with Crippen molar-refractivity contribution in [3.05, 3.63) is 59.5 Å². The average Bonchev–Trinajstić information content (AvgIpc) is 3.24. The van der Waals surface area contributed by atoms with Gasteiger partial charge in [0.2, 0.25) is 0 Å². The van der Waals surface area contributed by atoms with Crippen LogP contribution in [0.4, 0.5) is 0 Å². The van der Waals surface area contributed by atoms with Crippen LogP contribution in [-0.4, -0.2) is 29.7 Å². The molecule has 0 aliphatic rings. The van der Waals surface area contributed by atoms with Crippen LogP contribution >= 0.6 is 15.9 Å². The highest BCUT2D eigenvalue weighted by molar-refractivity contribution is 9.10. The molecule has 0 saturated carbocycles. The van der Waals surface area contributed by atoms with E-state index in [1.807, 2.05) is 35.5 Å². The molecule has 0 spiro atoms. The van der Waals surface area contributed by atoms with E-state index in [9.17, 15) is 0 Å². The molecule has 1 N–H and O–H groups in total. The third-order valence-corrected chi connectivity index (χ3v) is 4.48. The maximum Gasteiger partial charge on any atom is 0.141 e. The molecule has 1 unspecified atom stereocenters. The predicted molar refractivity (Wildman–Crippen MR) is 95.5 cm³/mol. The van der Waals surface area contributed by atoms with Gasteiger partial charge in [0.05, 0.1) is 17.9 Å². The van der Waals surface area contributed by atoms with Crippen LogP contribution in [0.15, 0.2) is 53.9 Å². The van der Waals surface area contributed by atoms with Crippen LogP contribution in [0.25, 0.3) is 22.3 Å². The lowest BCUT2D eigenvalue weighted by molar-refractivity contribution is 0.507. The van der Waals surface area contributed by atoms with Gasteiger partial charge >= 0.3 is 0 Å². The first kappa shape index (κ1) is 15.0. The van der Waals surface area contributed by atoms with Gasteiger partial charge in [-0.05, 0) is 40.0 Å². The molecule has 0 aromatic carbocycles. The maximum atomic E-state index is 4.56. The van der Waals surface area contributed by atoms with Gasteiger partial charge in [-0.1, -0.05) is 6.92 Å². The van der Waals surface area contributed by atoms with Gasteiger partial charge in [0.25, 0.3) is 0 Å². The second kappa shape index (κ2) is 6.16. The zero-order valence-electron chi connectivity index (χ0n) is 13.0. The molecule has 4 aromatic heterocycles. The number of halogens is 1. The smallest absolute Gasteiger partial charge is 0.141 e. The molecule has 0 fully saturated rings. The Morgan fingerprint density at radius 1 is 1.25 bits per heavy atom. The molecule has 24 heavy (non-hydrogen) atoms. The molecule has 1 atom stereocenters. The van der Waals surface area contributed by atoms with E-state index in [4.69, 9.17) is 0 Å². The minimum atomic E-state index is 0.132. The Hall–Kier alpha value is -2.54. The Balaban J connectivity index is 1.75. The van der Waals surface area contributed by atoms with E-state index in [-0.39, 0.29) is 6.04 Å². The lowest BCUT2D eigenvalue weighted by Crippen LogP contribution is -2.10. The number of hydrogen-bond acceptors (Lipinski definition) is 4. The van der Waals surface area contributed by atoms with Gasteiger partial charge in [0.1, 0.15) is 12.0 Å². The van der Waals surface area contributed by atoms with Crippen molar-refractivity contribution in [1.29, 1.82) is 0 Å². The van der Waals surface area contributed by atoms with Gasteiger partial charge in [-0.15, -0.1) is 0 Å². The van der Waals surface area contributed by atoms with Crippen molar-refractivity contribution in [2.75, 3.05) is 0 Å². The first-order valence-electron chi connectivity index (χ1n) is 7.69. The number of H-pyrrole nitrogens is 1. The van der Waals surface area contributed by atoms with E-state index in [0.29, 0.717) is 0 Å². The Morgan fingerprint density at radius 3 is 3.00 bits per heavy atom. The molecule has 0 radical (unpaired) electrons. The van der Waals surface area contributed by atoms with Crippen molar-refractivity contribution < 1.29 is 0 Å². The molecule has 0 bridgehead atoms. The molecule has 0 amide bonds. The molecule has 4 heterocycles. The summed E-state index contributed by atoms with van der Waals surface area (Å²) >= 11 is 3.48. The Labute approximate surface area is 147 Å². The minimum absolute atomic E-state index is 0.132. The molecule has 120 valence electrons. The molecule has 7 heteroatoms. The fourth-order valence-corrected chi connectivity index (χ4v) is 3.30. The lowest BCUT2D eigenvalue weighted by atomic mass is 10.1. The highest BCUT2D eigenvalue weighted by Crippen LogP contribution is 2.28. The average molecular weight is 383 g/mol. The van der Waals surface area contributed by atoms with E-state index in [0.717, 1.165) is 38.7 Å². The molecule has 0 saturated heterocycles. The topological polar surface area (TPSA) is 72.3 Å². The van der Waals surface area contributed by atoms with Gasteiger partial charge in [-0.2, -0.15) is 5.10 Å². The fourth-order valence-electron chi connectivity index (χ4n) is 2.92. The van der Waals surface area contributed by atoms with Crippen molar-refractivity contribution in [2.45, 2.75) is 19.4 Å². The number of pyridine rings is 1. The molecule has 0 aliphatic heterocycles. The normalized spacial score (nSPS) is 12.6. The van der Waals surface area contributed by atoms with Crippen molar-refractivity contribution in [3.63, 3.8) is 0 Å². The summed E-state index contributed by atoms with van der Waals surface area (Å²) in [5.41, 5.74) is 3.81. The SMILES string of the molecule is CCC(c1cncc(Br)c1)n1cc(-c2ncnc3[nH]ccc23)cn1. The first-order valence-corrected chi connectivity index (χ1v) is 8.48. The van der Waals surface area contributed by atoms with E-state index < -0.39 is 0 Å². The summed E-state index contributed by atoms with van der Waals surface area (Å²) in [6.07, 6.45) is 11.9. The zero-order chi connectivity index (χ0) is 16.5. The summed E-state index contributed by atoms with van der Waals surface area (Å²) in [4.78, 5) is 16.0. The van der Waals surface area contributed by atoms with Gasteiger partial charge in [-0.25, -0.2) is 9.97 Å². The largest absolute Gasteiger partial charge is 0.346 e. The first-order chi connectivity index (χ1) is 11.8. The predicted octanol–water partition coefficient (Wildman–Crippen LogP) is 3.98. The summed E-state index contributed by atoms with van der Waals surface area (Å²) < 4.78 is 2.94. The fraction of sp³-hybridized carbons (Fsp3) is 0.176. The molecule has 6 nitrogen and oxygen atoms in total. The number of rotatable bonds is 4. The van der Waals surface area contributed by atoms with Crippen LogP contribution in [0, 0.1) is 0 Å². The minimum Gasteiger partial charge on any atom is -0.346 e. The summed E-state index contributed by atoms with van der Waals surface area (Å²) in [6, 6.07) is 4.20. The standard InChI is InChI=1S/C17H15BrN6/c1-2-15(11-5-13(18)8-19-6-11)24-9-12(7-23-24)16-14-3-4-20-17(14)22-10-21-16/h3-10,15H,2H2,1H3,(H,20,21,22). The Morgan fingerprint density at radius 2 is 2.17 bits per heavy atom. The highest BCUT2D eigenvalue weighted by Gasteiger charge is 2.16. The summed E-state index contributed by atoms with van der Waals surface area (Å²) in [7, 11) is 0. The number of nitrogens with zero attached hydrogens (tertiary/aromatic N) is 5. The number of hydrogen-bond donors (Lipinski definition) is 1. The van der Waals surface area contributed by atoms with E-state index in [1.165, 1.54) is 0 Å². The van der Waals surface area contributed by atoms with E-state index in [2.05, 4.69) is 54.0 Å². The number of aromatic nitrogens is 6. The lowest BCUT2D eigenvalue weighted by Gasteiger charge is -2.15. The number of aromatic amines is 1. The Bertz CT molecular complexity index is 989. The van der Waals surface area contributed by atoms with E-state index >= 15 is 0 Å². The van der Waals surface area contributed by atoms with Crippen LogP contribution in [-0.2, 0) is 0 Å². The molecule has 4 aromatic rings. The Kier molecular flexibility index (Phi) is 3.86. The number of nitrogens with one attached hydrogen (secondary N) is 1. The summed E-state index contributed by atoms with van der Waals surface area (Å²) in [5.74, 6) is 0. The maximum absolute atomic E-state index is 4.56. The molecular formula is C17H15BrN6. The third-order valence-electron chi connectivity index (χ3n) is 4.05. The number of fused-ring (bicyclic) bond motifs is 1. The van der Waals surface area contributed by atoms with Crippen LogP contribution in [0.2, 0.25) is 0 Å². The summed E-state index contributed by atoms with van der Waals surface area (Å²) in [6.45, 7) is 2.14. The van der Waals surface area contributed by atoms with Crippen molar-refractivity contribution in [3.8, 4) is 11.3 Å². The molecular weight excluding hydrogens is 368 g/mol. The van der Waals surface area contributed by atoms with Crippen molar-refractivity contribution >= 4 is 27.0 Å². The van der Waals surface area contributed by atoms with Crippen LogP contribution in [0.3, 0.4) is 0 Å². The van der Waals surface area contributed by atoms with Crippen LogP contribution in [0.1, 0.15) is 24.9 Å². The van der Waals surface area contributed by atoms with Crippen molar-refractivity contribution in [2.24, 2.45) is 0 Å². The van der Waals surface area contributed by atoms with E-state index in [1.54, 1.807) is 12.5 Å². The quantitative estimate of drug-likeness (QED) is 0.579. The second-order valence-corrected chi connectivity index (χ2v) is 6.45. The summed E-state index contributed by atoms with van der Waals surface area (Å²) in [5, 5.41) is 5.56. The highest BCUT2D eigenvalue weighted by atomic mass is 79.9. The van der Waals surface area contributed by atoms with Gasteiger partial charge in [-0.3, -0.25) is 9.67 Å². The van der Waals surface area contributed by atoms with Crippen LogP contribution < -0.4 is 0 Å². The second-order valence-electron chi connectivity index (χ2n) is 5.53. The van der Waals surface area contributed by atoms with Gasteiger partial charge in [0.15, 0.2) is 0 Å². The monoisotopic (exact) mass is 382 g/mol. The van der Waals surface area contributed by atoms with Crippen molar-refractivity contribution in [1.82, 2.24) is 29.7 Å².